The second kappa shape index (κ2) is 43.4. The molecule has 1 aromatic carbocycles. The molecule has 1 aromatic rings. The quantitative estimate of drug-likeness (QED) is 0.0605. The Morgan fingerprint density at radius 1 is 0.283 bits per heavy atom. The summed E-state index contributed by atoms with van der Waals surface area (Å²) >= 11 is 0. The molecule has 0 atom stereocenters. The van der Waals surface area contributed by atoms with Gasteiger partial charge >= 0.3 is 0 Å². The van der Waals surface area contributed by atoms with E-state index in [1.165, 1.54) is 115 Å². The van der Waals surface area contributed by atoms with Crippen molar-refractivity contribution in [3.05, 3.63) is 29.8 Å². The minimum atomic E-state index is 0.532. The third-order valence-corrected chi connectivity index (χ3v) is 8.99. The smallest absolute Gasteiger partial charge is 0.119 e. The summed E-state index contributed by atoms with van der Waals surface area (Å²) in [5.74, 6) is 0.894. The van der Waals surface area contributed by atoms with Gasteiger partial charge in [0.05, 0.1) is 99.1 Å². The fraction of sp³-hybridized carbons (Fsp3) is 0.864. The summed E-state index contributed by atoms with van der Waals surface area (Å²) in [5.41, 5.74) is 1.39. The van der Waals surface area contributed by atoms with E-state index in [1.807, 2.05) is 0 Å². The van der Waals surface area contributed by atoms with E-state index in [0.29, 0.717) is 106 Å². The van der Waals surface area contributed by atoms with Crippen LogP contribution in [0.1, 0.15) is 135 Å². The molecule has 0 aromatic heterocycles. The molecule has 9 nitrogen and oxygen atoms in total. The first-order chi connectivity index (χ1) is 26.4. The molecule has 0 aliphatic carbocycles. The standard InChI is InChI=1S/C44H82O9/c1-3-5-7-9-11-12-13-14-16-18-20-26-45-27-28-46-29-30-47-31-32-48-33-34-49-35-36-50-37-38-51-39-40-52-41-42-53-44-24-22-43(23-25-44)21-19-17-15-10-8-6-4-2/h22-25H,3-21,26-42H2,1-2H3. The molecule has 0 aliphatic heterocycles. The summed E-state index contributed by atoms with van der Waals surface area (Å²) in [6.45, 7) is 14.2. The molecule has 0 amide bonds. The summed E-state index contributed by atoms with van der Waals surface area (Å²) in [7, 11) is 0. The predicted molar refractivity (Wildman–Crippen MR) is 217 cm³/mol. The van der Waals surface area contributed by atoms with Crippen LogP contribution in [-0.2, 0) is 44.3 Å². The molecule has 0 saturated carbocycles. The van der Waals surface area contributed by atoms with Crippen molar-refractivity contribution in [3.8, 4) is 5.75 Å². The van der Waals surface area contributed by atoms with Crippen molar-refractivity contribution >= 4 is 0 Å². The topological polar surface area (TPSA) is 83.1 Å². The van der Waals surface area contributed by atoms with E-state index in [1.54, 1.807) is 0 Å². The third kappa shape index (κ3) is 38.8. The fourth-order valence-electron chi connectivity index (χ4n) is 5.77. The lowest BCUT2D eigenvalue weighted by Crippen LogP contribution is -2.15. The predicted octanol–water partition coefficient (Wildman–Crippen LogP) is 9.80. The Morgan fingerprint density at radius 3 is 0.925 bits per heavy atom. The SMILES string of the molecule is CCCCCCCCCCCCCOCCOCCOCCOCCOCCOCCOCCOCCOc1ccc(CCCCCCCCC)cc1. The van der Waals surface area contributed by atoms with Gasteiger partial charge in [-0.1, -0.05) is 129 Å². The zero-order chi connectivity index (χ0) is 37.8. The highest BCUT2D eigenvalue weighted by Gasteiger charge is 2.00. The lowest BCUT2D eigenvalue weighted by Gasteiger charge is -2.09. The summed E-state index contributed by atoms with van der Waals surface area (Å²) in [4.78, 5) is 0. The Hall–Kier alpha value is -1.30. The first kappa shape index (κ1) is 49.7. The van der Waals surface area contributed by atoms with Gasteiger partial charge in [0.15, 0.2) is 0 Å². The normalized spacial score (nSPS) is 11.5. The number of benzene rings is 1. The highest BCUT2D eigenvalue weighted by atomic mass is 16.6. The minimum Gasteiger partial charge on any atom is -0.491 e. The van der Waals surface area contributed by atoms with Gasteiger partial charge in [0.2, 0.25) is 0 Å². The number of ether oxygens (including phenoxy) is 9. The number of rotatable bonds is 45. The molecule has 0 unspecified atom stereocenters. The molecule has 0 saturated heterocycles. The number of hydrogen-bond acceptors (Lipinski definition) is 9. The van der Waals surface area contributed by atoms with Crippen LogP contribution in [-0.4, -0.2) is 112 Å². The van der Waals surface area contributed by atoms with Crippen molar-refractivity contribution in [3.63, 3.8) is 0 Å². The highest BCUT2D eigenvalue weighted by Crippen LogP contribution is 2.15. The average molecular weight is 755 g/mol. The Bertz CT molecular complexity index is 811. The molecule has 0 fully saturated rings. The molecule has 0 radical (unpaired) electrons. The van der Waals surface area contributed by atoms with Crippen LogP contribution < -0.4 is 4.74 Å². The summed E-state index contributed by atoms with van der Waals surface area (Å²) in [6, 6.07) is 8.48. The van der Waals surface area contributed by atoms with E-state index in [0.717, 1.165) is 25.2 Å². The Balaban J connectivity index is 1.68. The lowest BCUT2D eigenvalue weighted by atomic mass is 10.0. The molecule has 0 heterocycles. The summed E-state index contributed by atoms with van der Waals surface area (Å²) < 4.78 is 50.4. The van der Waals surface area contributed by atoms with Gasteiger partial charge in [0.1, 0.15) is 12.4 Å². The van der Waals surface area contributed by atoms with E-state index < -0.39 is 0 Å². The molecule has 0 N–H and O–H groups in total. The monoisotopic (exact) mass is 755 g/mol. The maximum atomic E-state index is 5.79. The molecule has 53 heavy (non-hydrogen) atoms. The van der Waals surface area contributed by atoms with Gasteiger partial charge in [-0.15, -0.1) is 0 Å². The van der Waals surface area contributed by atoms with Crippen molar-refractivity contribution in [1.29, 1.82) is 0 Å². The molecule has 1 rings (SSSR count). The highest BCUT2D eigenvalue weighted by molar-refractivity contribution is 5.27. The third-order valence-electron chi connectivity index (χ3n) is 8.99. The summed E-state index contributed by atoms with van der Waals surface area (Å²) in [6.07, 6.45) is 25.5. The first-order valence-electron chi connectivity index (χ1n) is 21.7. The number of hydrogen-bond donors (Lipinski definition) is 0. The lowest BCUT2D eigenvalue weighted by molar-refractivity contribution is -0.0236. The van der Waals surface area contributed by atoms with Gasteiger partial charge in [0, 0.05) is 6.61 Å². The molecule has 0 spiro atoms. The molecular weight excluding hydrogens is 672 g/mol. The van der Waals surface area contributed by atoms with E-state index >= 15 is 0 Å². The maximum Gasteiger partial charge on any atom is 0.119 e. The molecular formula is C44H82O9. The van der Waals surface area contributed by atoms with Crippen molar-refractivity contribution in [1.82, 2.24) is 0 Å². The number of unbranched alkanes of at least 4 members (excludes halogenated alkanes) is 16. The second-order valence-corrected chi connectivity index (χ2v) is 13.8. The number of aryl methyl sites for hydroxylation is 1. The van der Waals surface area contributed by atoms with Gasteiger partial charge in [-0.05, 0) is 37.0 Å². The molecule has 0 aliphatic rings. The Labute approximate surface area is 325 Å². The van der Waals surface area contributed by atoms with Crippen molar-refractivity contribution < 1.29 is 42.6 Å². The van der Waals surface area contributed by atoms with Gasteiger partial charge in [-0.3, -0.25) is 0 Å². The van der Waals surface area contributed by atoms with Crippen LogP contribution in [0.15, 0.2) is 24.3 Å². The first-order valence-corrected chi connectivity index (χ1v) is 21.7. The van der Waals surface area contributed by atoms with Crippen molar-refractivity contribution in [2.24, 2.45) is 0 Å². The van der Waals surface area contributed by atoms with E-state index in [-0.39, 0.29) is 0 Å². The summed E-state index contributed by atoms with van der Waals surface area (Å²) in [5, 5.41) is 0. The Morgan fingerprint density at radius 2 is 0.566 bits per heavy atom. The average Bonchev–Trinajstić information content (AvgIpc) is 3.18. The van der Waals surface area contributed by atoms with E-state index in [2.05, 4.69) is 38.1 Å². The molecule has 9 heteroatoms. The van der Waals surface area contributed by atoms with E-state index in [9.17, 15) is 0 Å². The van der Waals surface area contributed by atoms with Crippen LogP contribution in [0.3, 0.4) is 0 Å². The van der Waals surface area contributed by atoms with Gasteiger partial charge in [0.25, 0.3) is 0 Å². The van der Waals surface area contributed by atoms with Crippen LogP contribution in [0.5, 0.6) is 5.75 Å². The zero-order valence-electron chi connectivity index (χ0n) is 34.4. The fourth-order valence-corrected chi connectivity index (χ4v) is 5.77. The van der Waals surface area contributed by atoms with Crippen LogP contribution in [0.4, 0.5) is 0 Å². The van der Waals surface area contributed by atoms with Crippen molar-refractivity contribution in [2.75, 3.05) is 112 Å². The van der Waals surface area contributed by atoms with Crippen LogP contribution in [0.25, 0.3) is 0 Å². The van der Waals surface area contributed by atoms with Crippen LogP contribution in [0, 0.1) is 0 Å². The zero-order valence-corrected chi connectivity index (χ0v) is 34.4. The van der Waals surface area contributed by atoms with Gasteiger partial charge < -0.3 is 42.6 Å². The Kier molecular flexibility index (Phi) is 40.7. The van der Waals surface area contributed by atoms with E-state index in [4.69, 9.17) is 42.6 Å². The van der Waals surface area contributed by atoms with Gasteiger partial charge in [-0.2, -0.15) is 0 Å². The van der Waals surface area contributed by atoms with Crippen LogP contribution >= 0.6 is 0 Å². The maximum absolute atomic E-state index is 5.79. The molecule has 312 valence electrons. The minimum absolute atomic E-state index is 0.532. The largest absolute Gasteiger partial charge is 0.491 e. The second-order valence-electron chi connectivity index (χ2n) is 13.8. The van der Waals surface area contributed by atoms with Gasteiger partial charge in [-0.25, -0.2) is 0 Å². The van der Waals surface area contributed by atoms with Crippen molar-refractivity contribution in [2.45, 2.75) is 136 Å². The molecule has 0 bridgehead atoms. The van der Waals surface area contributed by atoms with Crippen LogP contribution in [0.2, 0.25) is 0 Å².